The molecule has 1 atom stereocenters. The molecule has 1 rings (SSSR count). The fourth-order valence-electron chi connectivity index (χ4n) is 2.13. The molecule has 2 N–H and O–H groups in total. The molecule has 0 amide bonds. The number of aryl methyl sites for hydroxylation is 2. The highest BCUT2D eigenvalue weighted by molar-refractivity contribution is 5.41. The second kappa shape index (κ2) is 4.79. The van der Waals surface area contributed by atoms with Gasteiger partial charge in [0.15, 0.2) is 0 Å². The van der Waals surface area contributed by atoms with Crippen LogP contribution in [0.25, 0.3) is 0 Å². The van der Waals surface area contributed by atoms with E-state index >= 15 is 0 Å². The largest absolute Gasteiger partial charge is 0.312 e. The van der Waals surface area contributed by atoms with Crippen molar-refractivity contribution in [1.29, 1.82) is 0 Å². The first-order chi connectivity index (χ1) is 7.64. The van der Waals surface area contributed by atoms with Crippen LogP contribution in [0.5, 0.6) is 0 Å². The van der Waals surface area contributed by atoms with Gasteiger partial charge in [-0.05, 0) is 55.6 Å². The van der Waals surface area contributed by atoms with E-state index in [0.29, 0.717) is 0 Å². The zero-order valence-electron chi connectivity index (χ0n) is 12.3. The summed E-state index contributed by atoms with van der Waals surface area (Å²) in [6, 6.07) is 4.54. The standard InChI is InChI=1S/C15H26N2/c1-10-8-12(15(3,4)5)9-11(2)13(10)14(16)17(6)7/h8-9,14H,16H2,1-7H3. The quantitative estimate of drug-likeness (QED) is 0.797. The van der Waals surface area contributed by atoms with Crippen LogP contribution < -0.4 is 5.73 Å². The van der Waals surface area contributed by atoms with E-state index in [0.717, 1.165) is 0 Å². The summed E-state index contributed by atoms with van der Waals surface area (Å²) in [6.07, 6.45) is -0.0241. The molecule has 0 radical (unpaired) electrons. The van der Waals surface area contributed by atoms with Gasteiger partial charge in [0, 0.05) is 0 Å². The van der Waals surface area contributed by atoms with E-state index in [-0.39, 0.29) is 11.6 Å². The number of nitrogens with zero attached hydrogens (tertiary/aromatic N) is 1. The van der Waals surface area contributed by atoms with Crippen LogP contribution in [-0.2, 0) is 5.41 Å². The van der Waals surface area contributed by atoms with Crippen LogP contribution in [0, 0.1) is 13.8 Å². The molecule has 2 nitrogen and oxygen atoms in total. The van der Waals surface area contributed by atoms with E-state index in [4.69, 9.17) is 5.73 Å². The molecule has 0 saturated heterocycles. The molecule has 0 spiro atoms. The Kier molecular flexibility index (Phi) is 4.00. The van der Waals surface area contributed by atoms with Crippen molar-refractivity contribution in [3.05, 3.63) is 34.4 Å². The lowest BCUT2D eigenvalue weighted by molar-refractivity contribution is 0.305. The van der Waals surface area contributed by atoms with Crippen LogP contribution in [0.15, 0.2) is 12.1 Å². The third kappa shape index (κ3) is 3.08. The van der Waals surface area contributed by atoms with Crippen molar-refractivity contribution in [2.75, 3.05) is 14.1 Å². The minimum Gasteiger partial charge on any atom is -0.312 e. The van der Waals surface area contributed by atoms with Crippen molar-refractivity contribution in [2.24, 2.45) is 5.73 Å². The fraction of sp³-hybridized carbons (Fsp3) is 0.600. The van der Waals surface area contributed by atoms with Gasteiger partial charge in [0.2, 0.25) is 0 Å². The highest BCUT2D eigenvalue weighted by atomic mass is 15.2. The Morgan fingerprint density at radius 2 is 1.47 bits per heavy atom. The Hall–Kier alpha value is -0.860. The molecule has 0 heterocycles. The topological polar surface area (TPSA) is 29.3 Å². The second-order valence-corrected chi connectivity index (χ2v) is 6.18. The molecule has 0 fully saturated rings. The van der Waals surface area contributed by atoms with Crippen molar-refractivity contribution >= 4 is 0 Å². The number of nitrogens with two attached hydrogens (primary N) is 1. The van der Waals surface area contributed by atoms with Crippen molar-refractivity contribution in [3.63, 3.8) is 0 Å². The number of hydrogen-bond donors (Lipinski definition) is 1. The molecule has 0 saturated carbocycles. The Balaban J connectivity index is 3.29. The normalized spacial score (nSPS) is 14.2. The summed E-state index contributed by atoms with van der Waals surface area (Å²) in [6.45, 7) is 11.0. The molecule has 2 heteroatoms. The molecule has 96 valence electrons. The van der Waals surface area contributed by atoms with Crippen LogP contribution in [0.2, 0.25) is 0 Å². The summed E-state index contributed by atoms with van der Waals surface area (Å²) < 4.78 is 0. The molecule has 0 bridgehead atoms. The average Bonchev–Trinajstić information content (AvgIpc) is 2.14. The van der Waals surface area contributed by atoms with E-state index in [1.807, 2.05) is 19.0 Å². The minimum atomic E-state index is -0.0241. The van der Waals surface area contributed by atoms with Gasteiger partial charge in [0.05, 0.1) is 6.17 Å². The number of benzene rings is 1. The lowest BCUT2D eigenvalue weighted by Crippen LogP contribution is -2.29. The molecular weight excluding hydrogens is 208 g/mol. The van der Waals surface area contributed by atoms with Crippen molar-refractivity contribution in [2.45, 2.75) is 46.2 Å². The third-order valence-corrected chi connectivity index (χ3v) is 3.31. The molecule has 0 aromatic heterocycles. The van der Waals surface area contributed by atoms with Gasteiger partial charge in [-0.25, -0.2) is 0 Å². The van der Waals surface area contributed by atoms with Crippen LogP contribution in [-0.4, -0.2) is 19.0 Å². The number of hydrogen-bond acceptors (Lipinski definition) is 2. The third-order valence-electron chi connectivity index (χ3n) is 3.31. The molecule has 17 heavy (non-hydrogen) atoms. The molecule has 0 aliphatic carbocycles. The molecule has 1 unspecified atom stereocenters. The van der Waals surface area contributed by atoms with Gasteiger partial charge >= 0.3 is 0 Å². The lowest BCUT2D eigenvalue weighted by atomic mass is 9.83. The van der Waals surface area contributed by atoms with Gasteiger partial charge in [0.25, 0.3) is 0 Å². The summed E-state index contributed by atoms with van der Waals surface area (Å²) in [5, 5.41) is 0. The average molecular weight is 234 g/mol. The molecular formula is C15H26N2. The molecule has 1 aromatic rings. The van der Waals surface area contributed by atoms with Gasteiger partial charge in [-0.2, -0.15) is 0 Å². The SMILES string of the molecule is Cc1cc(C(C)(C)C)cc(C)c1C(N)N(C)C. The van der Waals surface area contributed by atoms with Crippen molar-refractivity contribution in [3.8, 4) is 0 Å². The maximum Gasteiger partial charge on any atom is 0.0835 e. The van der Waals surface area contributed by atoms with Crippen LogP contribution in [0.4, 0.5) is 0 Å². The maximum absolute atomic E-state index is 6.22. The molecule has 0 aliphatic heterocycles. The second-order valence-electron chi connectivity index (χ2n) is 6.18. The van der Waals surface area contributed by atoms with Gasteiger partial charge in [-0.15, -0.1) is 0 Å². The first-order valence-corrected chi connectivity index (χ1v) is 6.18. The van der Waals surface area contributed by atoms with E-state index < -0.39 is 0 Å². The first-order valence-electron chi connectivity index (χ1n) is 6.18. The van der Waals surface area contributed by atoms with Crippen molar-refractivity contribution < 1.29 is 0 Å². The van der Waals surface area contributed by atoms with Gasteiger partial charge in [0.1, 0.15) is 0 Å². The summed E-state index contributed by atoms with van der Waals surface area (Å²) in [4.78, 5) is 2.05. The Labute approximate surface area is 106 Å². The monoisotopic (exact) mass is 234 g/mol. The van der Waals surface area contributed by atoms with Crippen LogP contribution >= 0.6 is 0 Å². The predicted molar refractivity (Wildman–Crippen MR) is 75.2 cm³/mol. The highest BCUT2D eigenvalue weighted by Gasteiger charge is 2.19. The highest BCUT2D eigenvalue weighted by Crippen LogP contribution is 2.29. The van der Waals surface area contributed by atoms with Crippen molar-refractivity contribution in [1.82, 2.24) is 4.90 Å². The summed E-state index contributed by atoms with van der Waals surface area (Å²) in [5.74, 6) is 0. The van der Waals surface area contributed by atoms with E-state index in [9.17, 15) is 0 Å². The van der Waals surface area contributed by atoms with Gasteiger partial charge in [-0.3, -0.25) is 4.90 Å². The molecule has 0 aliphatic rings. The Morgan fingerprint density at radius 1 is 1.06 bits per heavy atom. The van der Waals surface area contributed by atoms with E-state index in [2.05, 4.69) is 46.8 Å². The summed E-state index contributed by atoms with van der Waals surface area (Å²) in [5.41, 5.74) is 11.6. The van der Waals surface area contributed by atoms with E-state index in [1.54, 1.807) is 0 Å². The van der Waals surface area contributed by atoms with Gasteiger partial charge in [-0.1, -0.05) is 32.9 Å². The Bertz CT molecular complexity index is 377. The van der Waals surface area contributed by atoms with Crippen LogP contribution in [0.1, 0.15) is 49.2 Å². The minimum absolute atomic E-state index is 0.0241. The van der Waals surface area contributed by atoms with Crippen LogP contribution in [0.3, 0.4) is 0 Å². The first kappa shape index (κ1) is 14.2. The number of rotatable bonds is 2. The maximum atomic E-state index is 6.22. The predicted octanol–water partition coefficient (Wildman–Crippen LogP) is 3.12. The zero-order valence-corrected chi connectivity index (χ0v) is 12.3. The Morgan fingerprint density at radius 3 is 1.76 bits per heavy atom. The molecule has 1 aromatic carbocycles. The summed E-state index contributed by atoms with van der Waals surface area (Å²) >= 11 is 0. The van der Waals surface area contributed by atoms with E-state index in [1.165, 1.54) is 22.3 Å². The zero-order chi connectivity index (χ0) is 13.4. The smallest absolute Gasteiger partial charge is 0.0835 e. The fourth-order valence-corrected chi connectivity index (χ4v) is 2.13. The van der Waals surface area contributed by atoms with Gasteiger partial charge < -0.3 is 5.73 Å². The lowest BCUT2D eigenvalue weighted by Gasteiger charge is -2.27. The summed E-state index contributed by atoms with van der Waals surface area (Å²) in [7, 11) is 4.03.